The second kappa shape index (κ2) is 9.32. The van der Waals surface area contributed by atoms with E-state index in [1.54, 1.807) is 36.4 Å². The molecule has 0 spiro atoms. The molecule has 3 aromatic carbocycles. The van der Waals surface area contributed by atoms with E-state index in [1.165, 1.54) is 23.5 Å². The summed E-state index contributed by atoms with van der Waals surface area (Å²) >= 11 is 5.84. The van der Waals surface area contributed by atoms with Gasteiger partial charge in [0.2, 0.25) is 5.91 Å². The van der Waals surface area contributed by atoms with Crippen molar-refractivity contribution in [2.75, 3.05) is 11.4 Å². The van der Waals surface area contributed by atoms with Gasteiger partial charge in [-0.3, -0.25) is 9.10 Å². The standard InChI is InChI=1S/C23H23ClN2O3S/c1-17(19-6-4-3-5-7-19)25-23(27)16-18-8-12-21(13-9-18)26(2)30(28,29)22-14-10-20(24)11-15-22/h3-15,17H,16H2,1-2H3,(H,25,27). The Morgan fingerprint density at radius 3 is 2.17 bits per heavy atom. The monoisotopic (exact) mass is 442 g/mol. The lowest BCUT2D eigenvalue weighted by Gasteiger charge is -2.20. The Labute approximate surface area is 182 Å². The first kappa shape index (κ1) is 21.9. The topological polar surface area (TPSA) is 66.5 Å². The van der Waals surface area contributed by atoms with Crippen LogP contribution in [0, 0.1) is 0 Å². The van der Waals surface area contributed by atoms with Crippen molar-refractivity contribution in [1.82, 2.24) is 5.32 Å². The number of carbonyl (C=O) groups excluding carboxylic acids is 1. The highest BCUT2D eigenvalue weighted by atomic mass is 35.5. The van der Waals surface area contributed by atoms with Gasteiger partial charge in [0.15, 0.2) is 0 Å². The zero-order chi connectivity index (χ0) is 21.7. The van der Waals surface area contributed by atoms with E-state index in [-0.39, 0.29) is 23.3 Å². The molecule has 1 unspecified atom stereocenters. The van der Waals surface area contributed by atoms with E-state index in [9.17, 15) is 13.2 Å². The van der Waals surface area contributed by atoms with E-state index >= 15 is 0 Å². The maximum atomic E-state index is 12.8. The molecule has 1 atom stereocenters. The molecule has 3 rings (SSSR count). The minimum Gasteiger partial charge on any atom is -0.349 e. The van der Waals surface area contributed by atoms with E-state index in [0.29, 0.717) is 10.7 Å². The molecule has 0 aliphatic rings. The number of hydrogen-bond acceptors (Lipinski definition) is 3. The third kappa shape index (κ3) is 5.20. The van der Waals surface area contributed by atoms with E-state index in [0.717, 1.165) is 11.1 Å². The Morgan fingerprint density at radius 1 is 0.967 bits per heavy atom. The smallest absolute Gasteiger partial charge is 0.264 e. The second-order valence-corrected chi connectivity index (χ2v) is 9.38. The van der Waals surface area contributed by atoms with Gasteiger partial charge in [0, 0.05) is 12.1 Å². The SMILES string of the molecule is CC(NC(=O)Cc1ccc(N(C)S(=O)(=O)c2ccc(Cl)cc2)cc1)c1ccccc1. The van der Waals surface area contributed by atoms with Crippen molar-refractivity contribution in [3.8, 4) is 0 Å². The molecule has 0 bridgehead atoms. The van der Waals surface area contributed by atoms with Gasteiger partial charge in [0.05, 0.1) is 23.0 Å². The molecule has 1 N–H and O–H groups in total. The lowest BCUT2D eigenvalue weighted by atomic mass is 10.1. The highest BCUT2D eigenvalue weighted by Gasteiger charge is 2.21. The number of halogens is 1. The zero-order valence-corrected chi connectivity index (χ0v) is 18.3. The molecular weight excluding hydrogens is 420 g/mol. The van der Waals surface area contributed by atoms with Crippen LogP contribution in [0.3, 0.4) is 0 Å². The lowest BCUT2D eigenvalue weighted by molar-refractivity contribution is -0.121. The third-order valence-corrected chi connectivity index (χ3v) is 6.87. The minimum absolute atomic E-state index is 0.0892. The number of sulfonamides is 1. The average molecular weight is 443 g/mol. The summed E-state index contributed by atoms with van der Waals surface area (Å²) < 4.78 is 26.8. The van der Waals surface area contributed by atoms with Crippen LogP contribution >= 0.6 is 11.6 Å². The number of nitrogens with one attached hydrogen (secondary N) is 1. The van der Waals surface area contributed by atoms with Gasteiger partial charge in [-0.15, -0.1) is 0 Å². The van der Waals surface area contributed by atoms with Crippen LogP contribution in [-0.4, -0.2) is 21.4 Å². The van der Waals surface area contributed by atoms with Gasteiger partial charge in [0.1, 0.15) is 0 Å². The van der Waals surface area contributed by atoms with E-state index in [4.69, 9.17) is 11.6 Å². The fraction of sp³-hybridized carbons (Fsp3) is 0.174. The Morgan fingerprint density at radius 2 is 1.57 bits per heavy atom. The van der Waals surface area contributed by atoms with Crippen molar-refractivity contribution in [3.63, 3.8) is 0 Å². The molecule has 30 heavy (non-hydrogen) atoms. The Balaban J connectivity index is 1.65. The molecule has 0 heterocycles. The van der Waals surface area contributed by atoms with Gasteiger partial charge < -0.3 is 5.32 Å². The minimum atomic E-state index is -3.70. The van der Waals surface area contributed by atoms with Gasteiger partial charge in [-0.1, -0.05) is 54.1 Å². The van der Waals surface area contributed by atoms with Crippen LogP contribution in [0.25, 0.3) is 0 Å². The van der Waals surface area contributed by atoms with Crippen LogP contribution in [0.4, 0.5) is 5.69 Å². The van der Waals surface area contributed by atoms with Crippen LogP contribution in [0.2, 0.25) is 5.02 Å². The van der Waals surface area contributed by atoms with Crippen molar-refractivity contribution in [3.05, 3.63) is 95.0 Å². The summed E-state index contributed by atoms with van der Waals surface area (Å²) in [5, 5.41) is 3.45. The van der Waals surface area contributed by atoms with Gasteiger partial charge in [-0.05, 0) is 54.4 Å². The maximum Gasteiger partial charge on any atom is 0.264 e. The molecule has 0 aliphatic heterocycles. The highest BCUT2D eigenvalue weighted by molar-refractivity contribution is 7.92. The summed E-state index contributed by atoms with van der Waals surface area (Å²) in [5.74, 6) is -0.0961. The number of rotatable bonds is 7. The number of benzene rings is 3. The molecule has 156 valence electrons. The molecule has 0 fully saturated rings. The summed E-state index contributed by atoms with van der Waals surface area (Å²) in [5.41, 5.74) is 2.34. The Bertz CT molecular complexity index is 1100. The van der Waals surface area contributed by atoms with Gasteiger partial charge in [-0.25, -0.2) is 8.42 Å². The van der Waals surface area contributed by atoms with E-state index in [2.05, 4.69) is 5.32 Å². The fourth-order valence-corrected chi connectivity index (χ4v) is 4.35. The predicted octanol–water partition coefficient (Wildman–Crippen LogP) is 4.59. The molecule has 5 nitrogen and oxygen atoms in total. The Kier molecular flexibility index (Phi) is 6.80. The molecule has 1 amide bonds. The van der Waals surface area contributed by atoms with Crippen molar-refractivity contribution < 1.29 is 13.2 Å². The first-order valence-electron chi connectivity index (χ1n) is 9.45. The van der Waals surface area contributed by atoms with Crippen LogP contribution in [-0.2, 0) is 21.2 Å². The second-order valence-electron chi connectivity index (χ2n) is 6.97. The summed E-state index contributed by atoms with van der Waals surface area (Å²) in [6, 6.07) is 22.6. The molecule has 7 heteroatoms. The van der Waals surface area contributed by atoms with Crippen molar-refractivity contribution >= 4 is 33.2 Å². The molecule has 0 saturated heterocycles. The number of anilines is 1. The zero-order valence-electron chi connectivity index (χ0n) is 16.7. The molecule has 0 aliphatic carbocycles. The number of amides is 1. The van der Waals surface area contributed by atoms with Gasteiger partial charge in [0.25, 0.3) is 10.0 Å². The van der Waals surface area contributed by atoms with Crippen molar-refractivity contribution in [2.45, 2.75) is 24.3 Å². The Hall–Kier alpha value is -2.83. The molecule has 0 saturated carbocycles. The van der Waals surface area contributed by atoms with Crippen molar-refractivity contribution in [1.29, 1.82) is 0 Å². The molecule has 3 aromatic rings. The number of nitrogens with zero attached hydrogens (tertiary/aromatic N) is 1. The fourth-order valence-electron chi connectivity index (χ4n) is 3.03. The third-order valence-electron chi connectivity index (χ3n) is 4.81. The van der Waals surface area contributed by atoms with E-state index < -0.39 is 10.0 Å². The maximum absolute atomic E-state index is 12.8. The summed E-state index contributed by atoms with van der Waals surface area (Å²) in [6.07, 6.45) is 0.213. The van der Waals surface area contributed by atoms with Crippen LogP contribution < -0.4 is 9.62 Å². The number of hydrogen-bond donors (Lipinski definition) is 1. The summed E-state index contributed by atoms with van der Waals surface area (Å²) in [7, 11) is -2.20. The summed E-state index contributed by atoms with van der Waals surface area (Å²) in [6.45, 7) is 1.94. The van der Waals surface area contributed by atoms with Crippen LogP contribution in [0.1, 0.15) is 24.1 Å². The largest absolute Gasteiger partial charge is 0.349 e. The molecule has 0 radical (unpaired) electrons. The number of carbonyl (C=O) groups is 1. The van der Waals surface area contributed by atoms with Crippen LogP contribution in [0.15, 0.2) is 83.8 Å². The predicted molar refractivity (Wildman–Crippen MR) is 120 cm³/mol. The van der Waals surface area contributed by atoms with E-state index in [1.807, 2.05) is 37.3 Å². The van der Waals surface area contributed by atoms with Gasteiger partial charge in [-0.2, -0.15) is 0 Å². The first-order chi connectivity index (χ1) is 14.3. The highest BCUT2D eigenvalue weighted by Crippen LogP contribution is 2.23. The normalized spacial score (nSPS) is 12.2. The quantitative estimate of drug-likeness (QED) is 0.582. The van der Waals surface area contributed by atoms with Crippen LogP contribution in [0.5, 0.6) is 0 Å². The van der Waals surface area contributed by atoms with Crippen molar-refractivity contribution in [2.24, 2.45) is 0 Å². The first-order valence-corrected chi connectivity index (χ1v) is 11.3. The summed E-state index contributed by atoms with van der Waals surface area (Å²) in [4.78, 5) is 12.5. The molecule has 0 aromatic heterocycles. The van der Waals surface area contributed by atoms with Gasteiger partial charge >= 0.3 is 0 Å². The molecular formula is C23H23ClN2O3S. The average Bonchev–Trinajstić information content (AvgIpc) is 2.74. The lowest BCUT2D eigenvalue weighted by Crippen LogP contribution is -2.28.